The van der Waals surface area contributed by atoms with Gasteiger partial charge >= 0.3 is 0 Å². The van der Waals surface area contributed by atoms with Crippen LogP contribution in [0.1, 0.15) is 18.1 Å². The van der Waals surface area contributed by atoms with E-state index in [1.54, 1.807) is 0 Å². The Balaban J connectivity index is 2.90. The van der Waals surface area contributed by atoms with Gasteiger partial charge in [0.25, 0.3) is 0 Å². The average molecular weight is 184 g/mol. The van der Waals surface area contributed by atoms with Crippen LogP contribution >= 0.6 is 11.6 Å². The Labute approximate surface area is 78.7 Å². The molecule has 0 aromatic heterocycles. The van der Waals surface area contributed by atoms with Gasteiger partial charge in [0.05, 0.1) is 0 Å². The fraction of sp³-hybridized carbons (Fsp3) is 0.400. The molecule has 0 radical (unpaired) electrons. The second-order valence-corrected chi connectivity index (χ2v) is 3.29. The lowest BCUT2D eigenvalue weighted by atomic mass is 10.1. The first-order valence-corrected chi connectivity index (χ1v) is 4.57. The van der Waals surface area contributed by atoms with Gasteiger partial charge in [-0.3, -0.25) is 0 Å². The van der Waals surface area contributed by atoms with Gasteiger partial charge < -0.3 is 5.32 Å². The van der Waals surface area contributed by atoms with Gasteiger partial charge in [-0.1, -0.05) is 24.6 Å². The second-order valence-electron chi connectivity index (χ2n) is 2.85. The number of aryl methyl sites for hydroxylation is 1. The lowest BCUT2D eigenvalue weighted by Crippen LogP contribution is -2.05. The van der Waals surface area contributed by atoms with E-state index < -0.39 is 0 Å². The maximum atomic E-state index is 5.94. The van der Waals surface area contributed by atoms with E-state index in [1.807, 2.05) is 19.2 Å². The normalized spacial score (nSPS) is 10.2. The Morgan fingerprint density at radius 2 is 1.92 bits per heavy atom. The monoisotopic (exact) mass is 183 g/mol. The molecule has 0 aliphatic rings. The Kier molecular flexibility index (Phi) is 3.57. The van der Waals surface area contributed by atoms with Crippen molar-refractivity contribution in [2.24, 2.45) is 0 Å². The molecule has 12 heavy (non-hydrogen) atoms. The molecular weight excluding hydrogens is 170 g/mol. The first-order valence-electron chi connectivity index (χ1n) is 4.19. The summed E-state index contributed by atoms with van der Waals surface area (Å²) in [5.41, 5.74) is 2.55. The summed E-state index contributed by atoms with van der Waals surface area (Å²) >= 11 is 5.94. The molecule has 1 nitrogen and oxygen atoms in total. The summed E-state index contributed by atoms with van der Waals surface area (Å²) in [7, 11) is 1.94. The Morgan fingerprint density at radius 1 is 1.25 bits per heavy atom. The highest BCUT2D eigenvalue weighted by molar-refractivity contribution is 6.30. The van der Waals surface area contributed by atoms with Gasteiger partial charge in [0.2, 0.25) is 0 Å². The third-order valence-electron chi connectivity index (χ3n) is 1.81. The van der Waals surface area contributed by atoms with Gasteiger partial charge in [-0.15, -0.1) is 0 Å². The molecule has 0 aliphatic heterocycles. The van der Waals surface area contributed by atoms with Crippen molar-refractivity contribution in [1.82, 2.24) is 5.32 Å². The molecule has 0 heterocycles. The number of nitrogens with one attached hydrogen (secondary N) is 1. The van der Waals surface area contributed by atoms with Gasteiger partial charge in [-0.2, -0.15) is 0 Å². The minimum absolute atomic E-state index is 0.833. The molecule has 0 aliphatic carbocycles. The first kappa shape index (κ1) is 9.56. The summed E-state index contributed by atoms with van der Waals surface area (Å²) in [5, 5.41) is 3.94. The maximum Gasteiger partial charge on any atom is 0.0411 e. The predicted octanol–water partition coefficient (Wildman–Crippen LogP) is 2.62. The molecule has 0 spiro atoms. The maximum absolute atomic E-state index is 5.94. The van der Waals surface area contributed by atoms with Crippen LogP contribution in [0.5, 0.6) is 0 Å². The fourth-order valence-electron chi connectivity index (χ4n) is 1.23. The highest BCUT2D eigenvalue weighted by Gasteiger charge is 1.96. The molecule has 66 valence electrons. The zero-order valence-corrected chi connectivity index (χ0v) is 8.28. The molecule has 0 saturated carbocycles. The topological polar surface area (TPSA) is 12.0 Å². The van der Waals surface area contributed by atoms with E-state index in [0.29, 0.717) is 0 Å². The average Bonchev–Trinajstić information content (AvgIpc) is 2.04. The zero-order valence-electron chi connectivity index (χ0n) is 7.52. The second kappa shape index (κ2) is 4.48. The molecule has 2 heteroatoms. The molecule has 1 aromatic rings. The minimum Gasteiger partial charge on any atom is -0.316 e. The lowest BCUT2D eigenvalue weighted by Gasteiger charge is -2.03. The van der Waals surface area contributed by atoms with E-state index in [9.17, 15) is 0 Å². The smallest absolute Gasteiger partial charge is 0.0411 e. The number of rotatable bonds is 3. The first-order chi connectivity index (χ1) is 5.76. The van der Waals surface area contributed by atoms with Crippen LogP contribution in [-0.4, -0.2) is 7.05 Å². The number of halogens is 1. The van der Waals surface area contributed by atoms with Crippen molar-refractivity contribution < 1.29 is 0 Å². The summed E-state index contributed by atoms with van der Waals surface area (Å²) in [6.45, 7) is 3.02. The van der Waals surface area contributed by atoms with E-state index in [0.717, 1.165) is 18.0 Å². The summed E-state index contributed by atoms with van der Waals surface area (Å²) in [6.07, 6.45) is 1.04. The predicted molar refractivity (Wildman–Crippen MR) is 53.6 cm³/mol. The molecule has 0 unspecified atom stereocenters. The van der Waals surface area contributed by atoms with Crippen molar-refractivity contribution in [2.75, 3.05) is 7.05 Å². The zero-order chi connectivity index (χ0) is 8.97. The molecule has 0 atom stereocenters. The van der Waals surface area contributed by atoms with Gasteiger partial charge in [0.1, 0.15) is 0 Å². The van der Waals surface area contributed by atoms with Crippen molar-refractivity contribution >= 4 is 11.6 Å². The largest absolute Gasteiger partial charge is 0.316 e. The van der Waals surface area contributed by atoms with Crippen molar-refractivity contribution in [2.45, 2.75) is 19.9 Å². The third-order valence-corrected chi connectivity index (χ3v) is 2.02. The Morgan fingerprint density at radius 3 is 2.50 bits per heavy atom. The number of benzene rings is 1. The summed E-state index contributed by atoms with van der Waals surface area (Å²) < 4.78 is 0. The molecular formula is C10H14ClN. The van der Waals surface area contributed by atoms with Crippen LogP contribution < -0.4 is 5.32 Å². The third kappa shape index (κ3) is 2.50. The molecule has 0 bridgehead atoms. The van der Waals surface area contributed by atoms with Crippen molar-refractivity contribution in [3.05, 3.63) is 34.3 Å². The highest BCUT2D eigenvalue weighted by atomic mass is 35.5. The van der Waals surface area contributed by atoms with E-state index in [2.05, 4.69) is 18.3 Å². The number of hydrogen-bond acceptors (Lipinski definition) is 1. The van der Waals surface area contributed by atoms with Crippen LogP contribution in [0.4, 0.5) is 0 Å². The molecule has 0 fully saturated rings. The van der Waals surface area contributed by atoms with Gasteiger partial charge in [0, 0.05) is 11.6 Å². The van der Waals surface area contributed by atoms with Crippen LogP contribution in [0.2, 0.25) is 5.02 Å². The fourth-order valence-corrected chi connectivity index (χ4v) is 1.51. The van der Waals surface area contributed by atoms with E-state index in [-0.39, 0.29) is 0 Å². The van der Waals surface area contributed by atoms with Crippen molar-refractivity contribution in [3.63, 3.8) is 0 Å². The van der Waals surface area contributed by atoms with Crippen LogP contribution in [0, 0.1) is 0 Å². The molecule has 1 aromatic carbocycles. The van der Waals surface area contributed by atoms with Crippen LogP contribution in [-0.2, 0) is 13.0 Å². The number of hydrogen-bond donors (Lipinski definition) is 1. The van der Waals surface area contributed by atoms with Gasteiger partial charge in [-0.05, 0) is 36.7 Å². The van der Waals surface area contributed by atoms with Crippen molar-refractivity contribution in [3.8, 4) is 0 Å². The standard InChI is InChI=1S/C10H14ClN/c1-3-8-4-9(7-12-2)6-10(11)5-8/h4-6,12H,3,7H2,1-2H3. The van der Waals surface area contributed by atoms with Gasteiger partial charge in [-0.25, -0.2) is 0 Å². The van der Waals surface area contributed by atoms with Gasteiger partial charge in [0.15, 0.2) is 0 Å². The molecule has 1 N–H and O–H groups in total. The lowest BCUT2D eigenvalue weighted by molar-refractivity contribution is 0.816. The summed E-state index contributed by atoms with van der Waals surface area (Å²) in [4.78, 5) is 0. The van der Waals surface area contributed by atoms with Crippen LogP contribution in [0.25, 0.3) is 0 Å². The quantitative estimate of drug-likeness (QED) is 0.760. The van der Waals surface area contributed by atoms with E-state index >= 15 is 0 Å². The summed E-state index contributed by atoms with van der Waals surface area (Å²) in [5.74, 6) is 0. The Bertz CT molecular complexity index is 258. The van der Waals surface area contributed by atoms with Crippen LogP contribution in [0.15, 0.2) is 18.2 Å². The Hall–Kier alpha value is -0.530. The molecule has 0 amide bonds. The van der Waals surface area contributed by atoms with E-state index in [1.165, 1.54) is 11.1 Å². The SMILES string of the molecule is CCc1cc(Cl)cc(CNC)c1. The molecule has 1 rings (SSSR count). The van der Waals surface area contributed by atoms with E-state index in [4.69, 9.17) is 11.6 Å². The molecule has 0 saturated heterocycles. The minimum atomic E-state index is 0.833. The van der Waals surface area contributed by atoms with Crippen LogP contribution in [0.3, 0.4) is 0 Å². The summed E-state index contributed by atoms with van der Waals surface area (Å²) in [6, 6.07) is 6.19. The highest BCUT2D eigenvalue weighted by Crippen LogP contribution is 2.15. The van der Waals surface area contributed by atoms with Crippen molar-refractivity contribution in [1.29, 1.82) is 0 Å².